The van der Waals surface area contributed by atoms with Crippen LogP contribution < -0.4 is 5.32 Å². The molecule has 0 unspecified atom stereocenters. The van der Waals surface area contributed by atoms with Crippen LogP contribution in [0.4, 0.5) is 5.82 Å². The molecule has 82 valence electrons. The van der Waals surface area contributed by atoms with Crippen LogP contribution in [0, 0.1) is 5.92 Å². The maximum absolute atomic E-state index is 11.6. The van der Waals surface area contributed by atoms with Gasteiger partial charge in [0.25, 0.3) is 0 Å². The first-order chi connectivity index (χ1) is 7.15. The molecular weight excluding hydrogens is 212 g/mol. The number of carbonyl (C=O) groups excluding carboxylic acids is 1. The third-order valence-corrected chi connectivity index (χ3v) is 2.73. The van der Waals surface area contributed by atoms with Crippen LogP contribution in [0.15, 0.2) is 18.3 Å². The fourth-order valence-corrected chi connectivity index (χ4v) is 1.71. The Morgan fingerprint density at radius 1 is 1.73 bits per heavy atom. The highest BCUT2D eigenvalue weighted by atomic mass is 32.2. The van der Waals surface area contributed by atoms with Crippen molar-refractivity contribution in [1.29, 1.82) is 0 Å². The van der Waals surface area contributed by atoms with Gasteiger partial charge in [-0.3, -0.25) is 4.79 Å². The number of thioether (sulfide) groups is 1. The molecule has 0 spiro atoms. The molecule has 1 amide bonds. The summed E-state index contributed by atoms with van der Waals surface area (Å²) >= 11 is 1.61. The van der Waals surface area contributed by atoms with Crippen molar-refractivity contribution in [3.8, 4) is 5.75 Å². The van der Waals surface area contributed by atoms with E-state index in [2.05, 4.69) is 10.3 Å². The van der Waals surface area contributed by atoms with Gasteiger partial charge in [-0.15, -0.1) is 0 Å². The summed E-state index contributed by atoms with van der Waals surface area (Å²) in [7, 11) is 0. The Labute approximate surface area is 93.1 Å². The Morgan fingerprint density at radius 2 is 2.47 bits per heavy atom. The van der Waals surface area contributed by atoms with Crippen molar-refractivity contribution in [2.45, 2.75) is 6.92 Å². The van der Waals surface area contributed by atoms with Crippen molar-refractivity contribution in [3.63, 3.8) is 0 Å². The Balaban J connectivity index is 2.62. The smallest absolute Gasteiger partial charge is 0.229 e. The molecule has 0 aliphatic rings. The number of hydrogen-bond donors (Lipinski definition) is 2. The Morgan fingerprint density at radius 3 is 3.07 bits per heavy atom. The molecule has 1 rings (SSSR count). The number of nitrogens with zero attached hydrogens (tertiary/aromatic N) is 1. The highest BCUT2D eigenvalue weighted by Gasteiger charge is 2.14. The fraction of sp³-hybridized carbons (Fsp3) is 0.400. The Hall–Kier alpha value is -1.23. The first-order valence-electron chi connectivity index (χ1n) is 4.59. The van der Waals surface area contributed by atoms with Crippen molar-refractivity contribution in [2.75, 3.05) is 17.3 Å². The summed E-state index contributed by atoms with van der Waals surface area (Å²) in [5, 5.41) is 12.0. The molecule has 5 heteroatoms. The van der Waals surface area contributed by atoms with E-state index in [1.807, 2.05) is 13.2 Å². The van der Waals surface area contributed by atoms with E-state index < -0.39 is 0 Å². The zero-order valence-electron chi connectivity index (χ0n) is 8.73. The maximum Gasteiger partial charge on any atom is 0.229 e. The zero-order valence-corrected chi connectivity index (χ0v) is 9.54. The first kappa shape index (κ1) is 11.8. The predicted molar refractivity (Wildman–Crippen MR) is 62.1 cm³/mol. The fourth-order valence-electron chi connectivity index (χ4n) is 1.06. The van der Waals surface area contributed by atoms with Crippen molar-refractivity contribution >= 4 is 23.5 Å². The molecule has 1 aromatic heterocycles. The highest BCUT2D eigenvalue weighted by Crippen LogP contribution is 2.19. The monoisotopic (exact) mass is 226 g/mol. The number of amides is 1. The van der Waals surface area contributed by atoms with Crippen molar-refractivity contribution in [1.82, 2.24) is 4.98 Å². The van der Waals surface area contributed by atoms with Gasteiger partial charge in [0.05, 0.1) is 0 Å². The summed E-state index contributed by atoms with van der Waals surface area (Å²) in [5.41, 5.74) is 0. The molecule has 1 heterocycles. The van der Waals surface area contributed by atoms with Gasteiger partial charge in [0.2, 0.25) is 5.91 Å². The lowest BCUT2D eigenvalue weighted by molar-refractivity contribution is -0.118. The maximum atomic E-state index is 11.6. The molecule has 0 saturated carbocycles. The minimum atomic E-state index is -0.127. The third-order valence-electron chi connectivity index (χ3n) is 1.89. The minimum absolute atomic E-state index is 0.0119. The standard InChI is InChI=1S/C10H14N2O2S/c1-7(6-15-2)10(14)12-9-8(13)4-3-5-11-9/h3-5,7,13H,6H2,1-2H3,(H,11,12,14)/t7-/m0/s1. The van der Waals surface area contributed by atoms with E-state index >= 15 is 0 Å². The van der Waals surface area contributed by atoms with Crippen LogP contribution in [0.3, 0.4) is 0 Å². The van der Waals surface area contributed by atoms with E-state index in [-0.39, 0.29) is 23.4 Å². The number of hydrogen-bond acceptors (Lipinski definition) is 4. The average Bonchev–Trinajstić information content (AvgIpc) is 2.21. The highest BCUT2D eigenvalue weighted by molar-refractivity contribution is 7.98. The van der Waals surface area contributed by atoms with Gasteiger partial charge in [-0.1, -0.05) is 6.92 Å². The van der Waals surface area contributed by atoms with Crippen LogP contribution in [0.5, 0.6) is 5.75 Å². The number of aromatic hydroxyl groups is 1. The molecule has 0 aromatic carbocycles. The van der Waals surface area contributed by atoms with Crippen LogP contribution in [0.1, 0.15) is 6.92 Å². The molecule has 0 aliphatic heterocycles. The Bertz CT molecular complexity index is 344. The topological polar surface area (TPSA) is 62.2 Å². The summed E-state index contributed by atoms with van der Waals surface area (Å²) in [6.07, 6.45) is 3.47. The van der Waals surface area contributed by atoms with Gasteiger partial charge in [0.15, 0.2) is 11.6 Å². The lowest BCUT2D eigenvalue weighted by atomic mass is 10.2. The molecule has 0 bridgehead atoms. The summed E-state index contributed by atoms with van der Waals surface area (Å²) in [6, 6.07) is 3.10. The molecule has 4 nitrogen and oxygen atoms in total. The SMILES string of the molecule is CSC[C@H](C)C(=O)Nc1ncccc1O. The second kappa shape index (κ2) is 5.60. The number of pyridine rings is 1. The van der Waals surface area contributed by atoms with Crippen LogP contribution in [0.2, 0.25) is 0 Å². The first-order valence-corrected chi connectivity index (χ1v) is 5.98. The lowest BCUT2D eigenvalue weighted by Gasteiger charge is -2.10. The van der Waals surface area contributed by atoms with E-state index in [0.717, 1.165) is 5.75 Å². The number of nitrogens with one attached hydrogen (secondary N) is 1. The van der Waals surface area contributed by atoms with Crippen molar-refractivity contribution in [2.24, 2.45) is 5.92 Å². The van der Waals surface area contributed by atoms with E-state index in [1.54, 1.807) is 17.8 Å². The molecule has 15 heavy (non-hydrogen) atoms. The molecule has 2 N–H and O–H groups in total. The van der Waals surface area contributed by atoms with E-state index in [4.69, 9.17) is 0 Å². The minimum Gasteiger partial charge on any atom is -0.504 e. The Kier molecular flexibility index (Phi) is 4.42. The summed E-state index contributed by atoms with van der Waals surface area (Å²) in [5.74, 6) is 0.733. The predicted octanol–water partition coefficient (Wildman–Crippen LogP) is 1.72. The van der Waals surface area contributed by atoms with E-state index in [1.165, 1.54) is 12.3 Å². The van der Waals surface area contributed by atoms with Crippen molar-refractivity contribution < 1.29 is 9.90 Å². The van der Waals surface area contributed by atoms with Crippen LogP contribution in [-0.2, 0) is 4.79 Å². The largest absolute Gasteiger partial charge is 0.504 e. The lowest BCUT2D eigenvalue weighted by Crippen LogP contribution is -2.22. The summed E-state index contributed by atoms with van der Waals surface area (Å²) in [4.78, 5) is 15.5. The summed E-state index contributed by atoms with van der Waals surface area (Å²) in [6.45, 7) is 1.84. The van der Waals surface area contributed by atoms with Crippen molar-refractivity contribution in [3.05, 3.63) is 18.3 Å². The van der Waals surface area contributed by atoms with Gasteiger partial charge >= 0.3 is 0 Å². The van der Waals surface area contributed by atoms with Gasteiger partial charge < -0.3 is 10.4 Å². The molecule has 0 aliphatic carbocycles. The van der Waals surface area contributed by atoms with Gasteiger partial charge in [-0.05, 0) is 18.4 Å². The van der Waals surface area contributed by atoms with E-state index in [9.17, 15) is 9.90 Å². The van der Waals surface area contributed by atoms with Gasteiger partial charge in [-0.2, -0.15) is 11.8 Å². The molecule has 0 radical (unpaired) electrons. The van der Waals surface area contributed by atoms with Gasteiger partial charge in [-0.25, -0.2) is 4.98 Å². The number of anilines is 1. The zero-order chi connectivity index (χ0) is 11.3. The van der Waals surface area contributed by atoms with Crippen LogP contribution in [-0.4, -0.2) is 28.0 Å². The van der Waals surface area contributed by atoms with Gasteiger partial charge in [0.1, 0.15) is 0 Å². The normalized spacial score (nSPS) is 12.1. The number of carbonyl (C=O) groups is 1. The second-order valence-corrected chi connectivity index (χ2v) is 4.13. The second-order valence-electron chi connectivity index (χ2n) is 3.22. The van der Waals surface area contributed by atoms with Gasteiger partial charge in [0, 0.05) is 17.9 Å². The third kappa shape index (κ3) is 3.43. The molecule has 1 aromatic rings. The number of rotatable bonds is 4. The van der Waals surface area contributed by atoms with Crippen LogP contribution in [0.25, 0.3) is 0 Å². The summed E-state index contributed by atoms with van der Waals surface area (Å²) < 4.78 is 0. The quantitative estimate of drug-likeness (QED) is 0.820. The molecule has 0 fully saturated rings. The van der Waals surface area contributed by atoms with Crippen LogP contribution >= 0.6 is 11.8 Å². The number of aromatic nitrogens is 1. The molecule has 1 atom stereocenters. The average molecular weight is 226 g/mol. The molecular formula is C10H14N2O2S. The van der Waals surface area contributed by atoms with E-state index in [0.29, 0.717) is 0 Å². The molecule has 0 saturated heterocycles.